The van der Waals surface area contributed by atoms with Crippen molar-refractivity contribution in [1.29, 1.82) is 0 Å². The standard InChI is InChI=1S/C17H17N3O4/c1-2-24-14-8-7-13(20(22)23)15-16(18-9-10-21)11-5-3-4-6-12(11)19-17(14)15/h3-8,21H,2,9-10H2,1H3,(H,18,19). The van der Waals surface area contributed by atoms with E-state index in [1.54, 1.807) is 6.07 Å². The van der Waals surface area contributed by atoms with E-state index in [-0.39, 0.29) is 18.8 Å². The van der Waals surface area contributed by atoms with Crippen LogP contribution in [0.4, 0.5) is 11.4 Å². The van der Waals surface area contributed by atoms with E-state index >= 15 is 0 Å². The summed E-state index contributed by atoms with van der Waals surface area (Å²) in [4.78, 5) is 15.7. The van der Waals surface area contributed by atoms with Crippen LogP contribution < -0.4 is 10.1 Å². The number of nitro groups is 1. The predicted octanol–water partition coefficient (Wildman–Crippen LogP) is 3.10. The zero-order chi connectivity index (χ0) is 17.1. The summed E-state index contributed by atoms with van der Waals surface area (Å²) in [6.45, 7) is 2.47. The second-order valence-corrected chi connectivity index (χ2v) is 5.15. The number of ether oxygens (including phenoxy) is 1. The number of nitrogens with one attached hydrogen (secondary N) is 1. The van der Waals surface area contributed by atoms with Crippen molar-refractivity contribution in [3.05, 3.63) is 46.5 Å². The number of pyridine rings is 1. The van der Waals surface area contributed by atoms with Crippen LogP contribution in [0.15, 0.2) is 36.4 Å². The van der Waals surface area contributed by atoms with Crippen molar-refractivity contribution >= 4 is 33.2 Å². The molecule has 0 atom stereocenters. The molecular formula is C17H17N3O4. The van der Waals surface area contributed by atoms with Crippen molar-refractivity contribution in [2.75, 3.05) is 25.1 Å². The first-order valence-electron chi connectivity index (χ1n) is 7.64. The fraction of sp³-hybridized carbons (Fsp3) is 0.235. The van der Waals surface area contributed by atoms with Crippen molar-refractivity contribution in [2.24, 2.45) is 0 Å². The second-order valence-electron chi connectivity index (χ2n) is 5.15. The third kappa shape index (κ3) is 2.69. The summed E-state index contributed by atoms with van der Waals surface area (Å²) in [7, 11) is 0. The highest BCUT2D eigenvalue weighted by atomic mass is 16.6. The number of benzene rings is 2. The summed E-state index contributed by atoms with van der Waals surface area (Å²) in [5.41, 5.74) is 1.67. The first-order valence-corrected chi connectivity index (χ1v) is 7.64. The zero-order valence-corrected chi connectivity index (χ0v) is 13.2. The van der Waals surface area contributed by atoms with Crippen molar-refractivity contribution < 1.29 is 14.8 Å². The number of hydrogen-bond acceptors (Lipinski definition) is 6. The number of nitrogens with zero attached hydrogens (tertiary/aromatic N) is 2. The Hall–Kier alpha value is -2.93. The number of nitro benzene ring substituents is 1. The lowest BCUT2D eigenvalue weighted by molar-refractivity contribution is -0.383. The topological polar surface area (TPSA) is 97.5 Å². The summed E-state index contributed by atoms with van der Waals surface area (Å²) < 4.78 is 5.60. The van der Waals surface area contributed by atoms with E-state index in [4.69, 9.17) is 9.84 Å². The van der Waals surface area contributed by atoms with E-state index in [9.17, 15) is 10.1 Å². The SMILES string of the molecule is CCOc1ccc([N+](=O)[O-])c2c(NCCO)c3ccccc3nc12. The van der Waals surface area contributed by atoms with Gasteiger partial charge in [0.2, 0.25) is 0 Å². The fourth-order valence-corrected chi connectivity index (χ4v) is 2.75. The molecule has 0 spiro atoms. The molecule has 0 unspecified atom stereocenters. The van der Waals surface area contributed by atoms with Gasteiger partial charge in [-0.05, 0) is 19.1 Å². The maximum atomic E-state index is 11.5. The monoisotopic (exact) mass is 327 g/mol. The molecule has 2 N–H and O–H groups in total. The molecular weight excluding hydrogens is 310 g/mol. The Labute approximate surface area is 138 Å². The summed E-state index contributed by atoms with van der Waals surface area (Å²) in [5.74, 6) is 0.496. The third-order valence-corrected chi connectivity index (χ3v) is 3.68. The number of aromatic nitrogens is 1. The van der Waals surface area contributed by atoms with Crippen molar-refractivity contribution in [1.82, 2.24) is 4.98 Å². The van der Waals surface area contributed by atoms with E-state index in [2.05, 4.69) is 10.3 Å². The highest BCUT2D eigenvalue weighted by Crippen LogP contribution is 2.40. The minimum atomic E-state index is -0.432. The molecule has 0 amide bonds. The Kier molecular flexibility index (Phi) is 4.43. The highest BCUT2D eigenvalue weighted by molar-refractivity contribution is 6.12. The second kappa shape index (κ2) is 6.67. The lowest BCUT2D eigenvalue weighted by Crippen LogP contribution is -2.08. The van der Waals surface area contributed by atoms with Crippen LogP contribution in [0.1, 0.15) is 6.92 Å². The Balaban J connectivity index is 2.45. The van der Waals surface area contributed by atoms with Gasteiger partial charge in [0.25, 0.3) is 5.69 Å². The Morgan fingerprint density at radius 3 is 2.79 bits per heavy atom. The molecule has 124 valence electrons. The molecule has 0 bridgehead atoms. The first-order chi connectivity index (χ1) is 11.7. The van der Waals surface area contributed by atoms with Crippen LogP contribution in [0.25, 0.3) is 21.8 Å². The van der Waals surface area contributed by atoms with Gasteiger partial charge in [-0.1, -0.05) is 18.2 Å². The molecule has 7 heteroatoms. The van der Waals surface area contributed by atoms with Gasteiger partial charge in [-0.2, -0.15) is 0 Å². The molecule has 3 rings (SSSR count). The molecule has 0 fully saturated rings. The van der Waals surface area contributed by atoms with E-state index in [0.29, 0.717) is 34.5 Å². The van der Waals surface area contributed by atoms with Crippen LogP contribution in [0.3, 0.4) is 0 Å². The maximum Gasteiger partial charge on any atom is 0.281 e. The average molecular weight is 327 g/mol. The van der Waals surface area contributed by atoms with Gasteiger partial charge in [0, 0.05) is 18.0 Å². The van der Waals surface area contributed by atoms with E-state index in [1.165, 1.54) is 6.07 Å². The molecule has 0 saturated heterocycles. The molecule has 0 saturated carbocycles. The normalized spacial score (nSPS) is 10.9. The number of rotatable bonds is 6. The van der Waals surface area contributed by atoms with E-state index in [0.717, 1.165) is 5.39 Å². The highest BCUT2D eigenvalue weighted by Gasteiger charge is 2.22. The van der Waals surface area contributed by atoms with Gasteiger partial charge in [-0.25, -0.2) is 4.98 Å². The fourth-order valence-electron chi connectivity index (χ4n) is 2.75. The molecule has 3 aromatic rings. The average Bonchev–Trinajstić information content (AvgIpc) is 2.59. The summed E-state index contributed by atoms with van der Waals surface area (Å²) in [5, 5.41) is 24.9. The van der Waals surface area contributed by atoms with Gasteiger partial charge < -0.3 is 15.2 Å². The van der Waals surface area contributed by atoms with Crippen molar-refractivity contribution in [3.63, 3.8) is 0 Å². The number of non-ortho nitro benzene ring substituents is 1. The van der Waals surface area contributed by atoms with Gasteiger partial charge >= 0.3 is 0 Å². The molecule has 0 aliphatic heterocycles. The molecule has 1 aromatic heterocycles. The first kappa shape index (κ1) is 15.9. The Morgan fingerprint density at radius 1 is 1.29 bits per heavy atom. The summed E-state index contributed by atoms with van der Waals surface area (Å²) in [6, 6.07) is 10.4. The Bertz CT molecular complexity index is 911. The van der Waals surface area contributed by atoms with Gasteiger partial charge in [0.05, 0.1) is 29.3 Å². The minimum Gasteiger partial charge on any atom is -0.492 e. The molecule has 1 heterocycles. The zero-order valence-electron chi connectivity index (χ0n) is 13.2. The smallest absolute Gasteiger partial charge is 0.281 e. The molecule has 0 aliphatic carbocycles. The number of aliphatic hydroxyl groups excluding tert-OH is 1. The van der Waals surface area contributed by atoms with Gasteiger partial charge in [0.15, 0.2) is 0 Å². The predicted molar refractivity (Wildman–Crippen MR) is 92.6 cm³/mol. The molecule has 2 aromatic carbocycles. The van der Waals surface area contributed by atoms with Crippen LogP contribution in [-0.2, 0) is 0 Å². The van der Waals surface area contributed by atoms with Crippen LogP contribution in [0, 0.1) is 10.1 Å². The number of hydrogen-bond donors (Lipinski definition) is 2. The number of para-hydroxylation sites is 1. The van der Waals surface area contributed by atoms with Crippen molar-refractivity contribution in [2.45, 2.75) is 6.92 Å². The lowest BCUT2D eigenvalue weighted by Gasteiger charge is -2.14. The number of aliphatic hydroxyl groups is 1. The van der Waals surface area contributed by atoms with Gasteiger partial charge in [-0.3, -0.25) is 10.1 Å². The largest absolute Gasteiger partial charge is 0.492 e. The van der Waals surface area contributed by atoms with Crippen LogP contribution in [0.2, 0.25) is 0 Å². The van der Waals surface area contributed by atoms with Crippen molar-refractivity contribution in [3.8, 4) is 5.75 Å². The molecule has 0 aliphatic rings. The van der Waals surface area contributed by atoms with E-state index < -0.39 is 4.92 Å². The number of fused-ring (bicyclic) bond motifs is 2. The van der Waals surface area contributed by atoms with Crippen LogP contribution in [0.5, 0.6) is 5.75 Å². The number of anilines is 1. The maximum absolute atomic E-state index is 11.5. The quantitative estimate of drug-likeness (QED) is 0.410. The summed E-state index contributed by atoms with van der Waals surface area (Å²) in [6.07, 6.45) is 0. The molecule has 0 radical (unpaired) electrons. The van der Waals surface area contributed by atoms with E-state index in [1.807, 2.05) is 31.2 Å². The third-order valence-electron chi connectivity index (χ3n) is 3.68. The minimum absolute atomic E-state index is 0.0489. The Morgan fingerprint density at radius 2 is 2.08 bits per heavy atom. The van der Waals surface area contributed by atoms with Crippen LogP contribution >= 0.6 is 0 Å². The van der Waals surface area contributed by atoms with Gasteiger partial charge in [-0.15, -0.1) is 0 Å². The molecule has 7 nitrogen and oxygen atoms in total. The lowest BCUT2D eigenvalue weighted by atomic mass is 10.1. The van der Waals surface area contributed by atoms with Gasteiger partial charge in [0.1, 0.15) is 16.7 Å². The molecule has 24 heavy (non-hydrogen) atoms. The van der Waals surface area contributed by atoms with Crippen LogP contribution in [-0.4, -0.2) is 34.8 Å². The summed E-state index contributed by atoms with van der Waals surface area (Å²) >= 11 is 0.